The summed E-state index contributed by atoms with van der Waals surface area (Å²) >= 11 is 0. The zero-order chi connectivity index (χ0) is 17.9. The van der Waals surface area contributed by atoms with Crippen LogP contribution in [0.5, 0.6) is 0 Å². The molecule has 0 N–H and O–H groups in total. The molecule has 0 atom stereocenters. The number of carbonyl (C=O) groups excluding carboxylic acids is 1. The first kappa shape index (κ1) is 18.2. The van der Waals surface area contributed by atoms with Crippen molar-refractivity contribution < 1.29 is 13.6 Å². The molecule has 0 radical (unpaired) electrons. The second-order valence-corrected chi connectivity index (χ2v) is 7.29. The van der Waals surface area contributed by atoms with Crippen LogP contribution < -0.4 is 0 Å². The molecule has 1 aromatic rings. The van der Waals surface area contributed by atoms with Gasteiger partial charge in [0.1, 0.15) is 5.69 Å². The number of carbonyl (C=O) groups is 1. The van der Waals surface area contributed by atoms with E-state index in [2.05, 4.69) is 14.9 Å². The van der Waals surface area contributed by atoms with E-state index in [9.17, 15) is 13.6 Å². The lowest BCUT2D eigenvalue weighted by Gasteiger charge is -2.32. The predicted molar refractivity (Wildman–Crippen MR) is 90.6 cm³/mol. The summed E-state index contributed by atoms with van der Waals surface area (Å²) in [5, 5.41) is 0. The fourth-order valence-electron chi connectivity index (χ4n) is 3.67. The molecule has 2 fully saturated rings. The van der Waals surface area contributed by atoms with E-state index in [4.69, 9.17) is 0 Å². The molecule has 0 aromatic carbocycles. The molecule has 2 aliphatic rings. The maximum absolute atomic E-state index is 13.3. The van der Waals surface area contributed by atoms with Crippen molar-refractivity contribution in [2.24, 2.45) is 5.92 Å². The largest absolute Gasteiger partial charge is 0.336 e. The van der Waals surface area contributed by atoms with E-state index in [0.29, 0.717) is 37.5 Å². The van der Waals surface area contributed by atoms with Gasteiger partial charge in [0.2, 0.25) is 5.92 Å². The minimum absolute atomic E-state index is 0.0161. The van der Waals surface area contributed by atoms with Gasteiger partial charge in [0, 0.05) is 45.2 Å². The Morgan fingerprint density at radius 3 is 2.60 bits per heavy atom. The van der Waals surface area contributed by atoms with Gasteiger partial charge in [0.05, 0.1) is 11.9 Å². The third kappa shape index (κ3) is 4.93. The number of alkyl halides is 2. The van der Waals surface area contributed by atoms with Crippen molar-refractivity contribution in [3.05, 3.63) is 23.8 Å². The van der Waals surface area contributed by atoms with Crippen molar-refractivity contribution >= 4 is 5.91 Å². The molecule has 0 spiro atoms. The minimum Gasteiger partial charge on any atom is -0.336 e. The number of aryl methyl sites for hydroxylation is 1. The van der Waals surface area contributed by atoms with Gasteiger partial charge in [-0.15, -0.1) is 0 Å². The fraction of sp³-hybridized carbons (Fsp3) is 0.722. The van der Waals surface area contributed by atoms with Crippen LogP contribution in [0.4, 0.5) is 8.78 Å². The Morgan fingerprint density at radius 2 is 1.92 bits per heavy atom. The van der Waals surface area contributed by atoms with Crippen molar-refractivity contribution in [2.75, 3.05) is 32.7 Å². The third-order valence-electron chi connectivity index (χ3n) is 5.23. The Morgan fingerprint density at radius 1 is 1.16 bits per heavy atom. The van der Waals surface area contributed by atoms with Gasteiger partial charge in [0.25, 0.3) is 5.91 Å². The molecule has 5 nitrogen and oxygen atoms in total. The van der Waals surface area contributed by atoms with Crippen LogP contribution in [0.1, 0.15) is 48.3 Å². The summed E-state index contributed by atoms with van der Waals surface area (Å²) in [4.78, 5) is 25.0. The van der Waals surface area contributed by atoms with Gasteiger partial charge in [-0.25, -0.2) is 13.8 Å². The van der Waals surface area contributed by atoms with E-state index >= 15 is 0 Å². The molecule has 1 aromatic heterocycles. The molecule has 1 amide bonds. The first-order chi connectivity index (χ1) is 11.9. The average Bonchev–Trinajstić information content (AvgIpc) is 2.82. The zero-order valence-corrected chi connectivity index (χ0v) is 14.8. The number of halogens is 2. The number of aromatic nitrogens is 2. The summed E-state index contributed by atoms with van der Waals surface area (Å²) in [5.41, 5.74) is 1.17. The lowest BCUT2D eigenvalue weighted by Crippen LogP contribution is -2.38. The smallest absolute Gasteiger partial charge is 0.274 e. The van der Waals surface area contributed by atoms with Crippen LogP contribution in [-0.2, 0) is 0 Å². The molecular weight excluding hydrogens is 326 g/mol. The maximum atomic E-state index is 13.3. The van der Waals surface area contributed by atoms with Gasteiger partial charge >= 0.3 is 0 Å². The van der Waals surface area contributed by atoms with Gasteiger partial charge in [-0.2, -0.15) is 0 Å². The van der Waals surface area contributed by atoms with E-state index in [-0.39, 0.29) is 18.7 Å². The predicted octanol–water partition coefficient (Wildman–Crippen LogP) is 2.76. The number of nitrogens with zero attached hydrogens (tertiary/aromatic N) is 4. The highest BCUT2D eigenvalue weighted by Crippen LogP contribution is 2.36. The Kier molecular flexibility index (Phi) is 5.61. The summed E-state index contributed by atoms with van der Waals surface area (Å²) in [7, 11) is 0. The lowest BCUT2D eigenvalue weighted by molar-refractivity contribution is -0.0487. The standard InChI is InChI=1S/C18H26F2N4O/c1-14-11-22-16(12-21-14)17(25)24-8-2-7-23(9-10-24)13-15-3-5-18(19,20)6-4-15/h11-12,15H,2-10,13H2,1H3. The second kappa shape index (κ2) is 7.72. The van der Waals surface area contributed by atoms with Crippen LogP contribution in [0.3, 0.4) is 0 Å². The van der Waals surface area contributed by atoms with Gasteiger partial charge in [-0.1, -0.05) is 0 Å². The van der Waals surface area contributed by atoms with E-state index < -0.39 is 5.92 Å². The SMILES string of the molecule is Cc1cnc(C(=O)N2CCCN(CC3CCC(F)(F)CC3)CC2)cn1. The fourth-order valence-corrected chi connectivity index (χ4v) is 3.67. The van der Waals surface area contributed by atoms with Crippen LogP contribution in [-0.4, -0.2) is 64.3 Å². The lowest BCUT2D eigenvalue weighted by atomic mass is 9.86. The van der Waals surface area contributed by atoms with Gasteiger partial charge in [0.15, 0.2) is 0 Å². The van der Waals surface area contributed by atoms with Crippen molar-refractivity contribution in [3.8, 4) is 0 Å². The number of rotatable bonds is 3. The third-order valence-corrected chi connectivity index (χ3v) is 5.23. The average molecular weight is 352 g/mol. The topological polar surface area (TPSA) is 49.3 Å². The second-order valence-electron chi connectivity index (χ2n) is 7.29. The Hall–Kier alpha value is -1.63. The molecule has 0 bridgehead atoms. The van der Waals surface area contributed by atoms with E-state index in [1.54, 1.807) is 6.20 Å². The molecule has 1 aliphatic carbocycles. The summed E-state index contributed by atoms with van der Waals surface area (Å²) < 4.78 is 26.6. The van der Waals surface area contributed by atoms with Crippen LogP contribution in [0, 0.1) is 12.8 Å². The minimum atomic E-state index is -2.46. The highest BCUT2D eigenvalue weighted by atomic mass is 19.3. The Labute approximate surface area is 147 Å². The molecule has 138 valence electrons. The first-order valence-electron chi connectivity index (χ1n) is 9.11. The highest BCUT2D eigenvalue weighted by Gasteiger charge is 2.35. The highest BCUT2D eigenvalue weighted by molar-refractivity contribution is 5.92. The molecular formula is C18H26F2N4O. The molecule has 1 saturated carbocycles. The molecule has 7 heteroatoms. The normalized spacial score (nSPS) is 22.6. The molecule has 3 rings (SSSR count). The number of amides is 1. The zero-order valence-electron chi connectivity index (χ0n) is 14.8. The molecule has 1 saturated heterocycles. The molecule has 0 unspecified atom stereocenters. The van der Waals surface area contributed by atoms with E-state index in [0.717, 1.165) is 31.7 Å². The van der Waals surface area contributed by atoms with E-state index in [1.165, 1.54) is 6.20 Å². The van der Waals surface area contributed by atoms with Crippen LogP contribution in [0.15, 0.2) is 12.4 Å². The monoisotopic (exact) mass is 352 g/mol. The van der Waals surface area contributed by atoms with Crippen molar-refractivity contribution in [2.45, 2.75) is 45.0 Å². The summed E-state index contributed by atoms with van der Waals surface area (Å²) in [6, 6.07) is 0. The Balaban J connectivity index is 1.50. The van der Waals surface area contributed by atoms with Gasteiger partial charge in [-0.3, -0.25) is 9.78 Å². The van der Waals surface area contributed by atoms with Crippen LogP contribution in [0.25, 0.3) is 0 Å². The number of hydrogen-bond donors (Lipinski definition) is 0. The van der Waals surface area contributed by atoms with Crippen molar-refractivity contribution in [3.63, 3.8) is 0 Å². The summed E-state index contributed by atoms with van der Waals surface area (Å²) in [6.07, 6.45) is 5.27. The molecule has 25 heavy (non-hydrogen) atoms. The Bertz CT molecular complexity index is 583. The quantitative estimate of drug-likeness (QED) is 0.839. The van der Waals surface area contributed by atoms with Gasteiger partial charge in [-0.05, 0) is 38.6 Å². The van der Waals surface area contributed by atoms with E-state index in [1.807, 2.05) is 11.8 Å². The first-order valence-corrected chi connectivity index (χ1v) is 9.11. The maximum Gasteiger partial charge on any atom is 0.274 e. The molecule has 2 heterocycles. The summed E-state index contributed by atoms with van der Waals surface area (Å²) in [6.45, 7) is 5.76. The van der Waals surface area contributed by atoms with Gasteiger partial charge < -0.3 is 9.80 Å². The molecule has 1 aliphatic heterocycles. The van der Waals surface area contributed by atoms with Crippen LogP contribution in [0.2, 0.25) is 0 Å². The number of hydrogen-bond acceptors (Lipinski definition) is 4. The van der Waals surface area contributed by atoms with Crippen molar-refractivity contribution in [1.82, 2.24) is 19.8 Å². The summed E-state index contributed by atoms with van der Waals surface area (Å²) in [5.74, 6) is -2.19. The van der Waals surface area contributed by atoms with Crippen LogP contribution >= 0.6 is 0 Å². The van der Waals surface area contributed by atoms with Crippen molar-refractivity contribution in [1.29, 1.82) is 0 Å².